The van der Waals surface area contributed by atoms with Crippen molar-refractivity contribution in [3.8, 4) is 0 Å². The van der Waals surface area contributed by atoms with Gasteiger partial charge >= 0.3 is 0 Å². The second kappa shape index (κ2) is 5.89. The number of hydrogen-bond acceptors (Lipinski definition) is 2. The largest absolute Gasteiger partial charge is 0.392 e. The van der Waals surface area contributed by atoms with Gasteiger partial charge in [-0.25, -0.2) is 0 Å². The molecule has 0 aliphatic rings. The molecule has 62 valence electrons. The van der Waals surface area contributed by atoms with Gasteiger partial charge in [0, 0.05) is 0 Å². The highest BCUT2D eigenvalue weighted by molar-refractivity contribution is 5.33. The monoisotopic (exact) mass is 154 g/mol. The zero-order valence-corrected chi connectivity index (χ0v) is 6.75. The Kier molecular flexibility index (Phi) is 5.43. The van der Waals surface area contributed by atoms with Crippen molar-refractivity contribution in [3.63, 3.8) is 0 Å². The summed E-state index contributed by atoms with van der Waals surface area (Å²) >= 11 is 0. The molecule has 0 saturated heterocycles. The second-order valence-electron chi connectivity index (χ2n) is 2.06. The van der Waals surface area contributed by atoms with Crippen molar-refractivity contribution in [2.45, 2.75) is 6.92 Å². The lowest BCUT2D eigenvalue weighted by Crippen LogP contribution is -1.99. The molecule has 0 rings (SSSR count). The van der Waals surface area contributed by atoms with E-state index < -0.39 is 0 Å². The van der Waals surface area contributed by atoms with E-state index in [1.165, 1.54) is 0 Å². The van der Waals surface area contributed by atoms with Crippen molar-refractivity contribution >= 4 is 0 Å². The van der Waals surface area contributed by atoms with Crippen LogP contribution in [-0.2, 0) is 0 Å². The standard InChI is InChI=1S/C9H14O2/c1-3-5-9(7-11)8(4-2)6-10/h3-5,10-11H,1,6-7H2,2H3/b8-4-,9-5-. The Balaban J connectivity index is 4.47. The second-order valence-corrected chi connectivity index (χ2v) is 2.06. The van der Waals surface area contributed by atoms with Gasteiger partial charge in [-0.15, -0.1) is 0 Å². The van der Waals surface area contributed by atoms with Crippen LogP contribution in [0.15, 0.2) is 36.0 Å². The minimum absolute atomic E-state index is 0.0449. The predicted molar refractivity (Wildman–Crippen MR) is 46.2 cm³/mol. The average molecular weight is 154 g/mol. The van der Waals surface area contributed by atoms with Gasteiger partial charge in [-0.05, 0) is 18.1 Å². The lowest BCUT2D eigenvalue weighted by Gasteiger charge is -2.04. The molecule has 0 heterocycles. The highest BCUT2D eigenvalue weighted by Crippen LogP contribution is 2.07. The number of aliphatic hydroxyl groups is 2. The zero-order chi connectivity index (χ0) is 8.69. The summed E-state index contributed by atoms with van der Waals surface area (Å²) in [5, 5.41) is 17.6. The topological polar surface area (TPSA) is 40.5 Å². The molecule has 11 heavy (non-hydrogen) atoms. The molecule has 0 saturated carbocycles. The molecular weight excluding hydrogens is 140 g/mol. The molecule has 0 radical (unpaired) electrons. The molecule has 0 fully saturated rings. The third-order valence-corrected chi connectivity index (χ3v) is 1.42. The smallest absolute Gasteiger partial charge is 0.0685 e. The Morgan fingerprint density at radius 3 is 2.09 bits per heavy atom. The average Bonchev–Trinajstić information content (AvgIpc) is 2.05. The summed E-state index contributed by atoms with van der Waals surface area (Å²) in [6, 6.07) is 0. The van der Waals surface area contributed by atoms with Gasteiger partial charge in [0.1, 0.15) is 0 Å². The van der Waals surface area contributed by atoms with Crippen molar-refractivity contribution in [3.05, 3.63) is 36.0 Å². The van der Waals surface area contributed by atoms with Crippen LogP contribution in [0.5, 0.6) is 0 Å². The van der Waals surface area contributed by atoms with Crippen LogP contribution in [0.3, 0.4) is 0 Å². The highest BCUT2D eigenvalue weighted by Gasteiger charge is 1.98. The van der Waals surface area contributed by atoms with Gasteiger partial charge < -0.3 is 10.2 Å². The van der Waals surface area contributed by atoms with Gasteiger partial charge in [0.05, 0.1) is 13.2 Å². The fourth-order valence-electron chi connectivity index (χ4n) is 0.782. The van der Waals surface area contributed by atoms with E-state index in [9.17, 15) is 0 Å². The Labute approximate surface area is 67.2 Å². The number of rotatable bonds is 4. The van der Waals surface area contributed by atoms with Crippen LogP contribution in [-0.4, -0.2) is 23.4 Å². The first-order chi connectivity index (χ1) is 5.29. The van der Waals surface area contributed by atoms with E-state index in [0.29, 0.717) is 5.57 Å². The molecule has 0 aromatic heterocycles. The van der Waals surface area contributed by atoms with Crippen molar-refractivity contribution in [2.75, 3.05) is 13.2 Å². The quantitative estimate of drug-likeness (QED) is 0.594. The van der Waals surface area contributed by atoms with Gasteiger partial charge in [-0.3, -0.25) is 0 Å². The lowest BCUT2D eigenvalue weighted by molar-refractivity contribution is 0.311. The normalized spacial score (nSPS) is 13.4. The van der Waals surface area contributed by atoms with Crippen LogP contribution in [0, 0.1) is 0 Å². The van der Waals surface area contributed by atoms with Gasteiger partial charge in [-0.1, -0.05) is 24.8 Å². The molecule has 0 atom stereocenters. The lowest BCUT2D eigenvalue weighted by atomic mass is 10.1. The summed E-state index contributed by atoms with van der Waals surface area (Å²) in [6.07, 6.45) is 5.04. The van der Waals surface area contributed by atoms with Gasteiger partial charge in [0.25, 0.3) is 0 Å². The van der Waals surface area contributed by atoms with Crippen molar-refractivity contribution in [1.82, 2.24) is 0 Å². The fraction of sp³-hybridized carbons (Fsp3) is 0.333. The first kappa shape index (κ1) is 10.1. The van der Waals surface area contributed by atoms with Crippen molar-refractivity contribution in [2.24, 2.45) is 0 Å². The minimum atomic E-state index is -0.0632. The summed E-state index contributed by atoms with van der Waals surface area (Å²) in [7, 11) is 0. The Bertz CT molecular complexity index is 178. The van der Waals surface area contributed by atoms with E-state index >= 15 is 0 Å². The Morgan fingerprint density at radius 2 is 1.82 bits per heavy atom. The molecule has 2 N–H and O–H groups in total. The van der Waals surface area contributed by atoms with E-state index in [-0.39, 0.29) is 13.2 Å². The van der Waals surface area contributed by atoms with E-state index in [1.807, 2.05) is 6.92 Å². The Hall–Kier alpha value is -0.860. The SMILES string of the molecule is C=C/C=C(CO)\C(=C/C)CO. The summed E-state index contributed by atoms with van der Waals surface area (Å²) in [5.41, 5.74) is 1.46. The molecule has 2 heteroatoms. The van der Waals surface area contributed by atoms with Gasteiger partial charge in [-0.2, -0.15) is 0 Å². The van der Waals surface area contributed by atoms with Crippen molar-refractivity contribution in [1.29, 1.82) is 0 Å². The van der Waals surface area contributed by atoms with E-state index in [2.05, 4.69) is 6.58 Å². The highest BCUT2D eigenvalue weighted by atomic mass is 16.3. The predicted octanol–water partition coefficient (Wildman–Crippen LogP) is 1.03. The fourth-order valence-corrected chi connectivity index (χ4v) is 0.782. The van der Waals surface area contributed by atoms with E-state index in [0.717, 1.165) is 5.57 Å². The molecule has 0 aliphatic carbocycles. The first-order valence-electron chi connectivity index (χ1n) is 3.49. The molecule has 0 amide bonds. The molecule has 0 aliphatic heterocycles. The van der Waals surface area contributed by atoms with E-state index in [1.54, 1.807) is 18.2 Å². The van der Waals surface area contributed by atoms with Crippen LogP contribution in [0.25, 0.3) is 0 Å². The maximum atomic E-state index is 8.82. The summed E-state index contributed by atoms with van der Waals surface area (Å²) < 4.78 is 0. The van der Waals surface area contributed by atoms with E-state index in [4.69, 9.17) is 10.2 Å². The molecule has 0 spiro atoms. The molecule has 0 unspecified atom stereocenters. The van der Waals surface area contributed by atoms with Crippen LogP contribution in [0.1, 0.15) is 6.92 Å². The maximum absolute atomic E-state index is 8.82. The third kappa shape index (κ3) is 3.16. The third-order valence-electron chi connectivity index (χ3n) is 1.42. The molecule has 2 nitrogen and oxygen atoms in total. The van der Waals surface area contributed by atoms with Crippen LogP contribution in [0.4, 0.5) is 0 Å². The Morgan fingerprint density at radius 1 is 1.27 bits per heavy atom. The number of aliphatic hydroxyl groups excluding tert-OH is 2. The molecular formula is C9H14O2. The van der Waals surface area contributed by atoms with Crippen LogP contribution >= 0.6 is 0 Å². The number of hydrogen-bond donors (Lipinski definition) is 2. The van der Waals surface area contributed by atoms with Gasteiger partial charge in [0.15, 0.2) is 0 Å². The van der Waals surface area contributed by atoms with Crippen molar-refractivity contribution < 1.29 is 10.2 Å². The summed E-state index contributed by atoms with van der Waals surface area (Å²) in [6.45, 7) is 5.21. The van der Waals surface area contributed by atoms with Gasteiger partial charge in [0.2, 0.25) is 0 Å². The first-order valence-corrected chi connectivity index (χ1v) is 3.49. The summed E-state index contributed by atoms with van der Waals surface area (Å²) in [5.74, 6) is 0. The molecule has 0 aromatic carbocycles. The molecule has 0 aromatic rings. The number of allylic oxidation sites excluding steroid dienone is 3. The zero-order valence-electron chi connectivity index (χ0n) is 6.75. The summed E-state index contributed by atoms with van der Waals surface area (Å²) in [4.78, 5) is 0. The maximum Gasteiger partial charge on any atom is 0.0685 e. The van der Waals surface area contributed by atoms with Crippen LogP contribution < -0.4 is 0 Å². The molecule has 0 bridgehead atoms. The minimum Gasteiger partial charge on any atom is -0.392 e. The van der Waals surface area contributed by atoms with Crippen LogP contribution in [0.2, 0.25) is 0 Å².